The maximum Gasteiger partial charge on any atom is 0.263 e. The summed E-state index contributed by atoms with van der Waals surface area (Å²) in [6.45, 7) is 6.23. The van der Waals surface area contributed by atoms with E-state index in [0.717, 1.165) is 23.4 Å². The highest BCUT2D eigenvalue weighted by Gasteiger charge is 2.25. The molecule has 2 aromatic rings. The minimum absolute atomic E-state index is 0.0437. The van der Waals surface area contributed by atoms with E-state index in [9.17, 15) is 13.2 Å². The Kier molecular flexibility index (Phi) is 5.36. The van der Waals surface area contributed by atoms with Gasteiger partial charge in [0, 0.05) is 25.2 Å². The molecule has 1 aliphatic rings. The first kappa shape index (κ1) is 19.2. The van der Waals surface area contributed by atoms with Gasteiger partial charge in [0.05, 0.1) is 16.8 Å². The predicted molar refractivity (Wildman–Crippen MR) is 107 cm³/mol. The van der Waals surface area contributed by atoms with Crippen LogP contribution in [0.5, 0.6) is 0 Å². The van der Waals surface area contributed by atoms with Gasteiger partial charge in [-0.2, -0.15) is 0 Å². The molecule has 7 nitrogen and oxygen atoms in total. The third kappa shape index (κ3) is 4.21. The van der Waals surface area contributed by atoms with E-state index in [2.05, 4.69) is 28.9 Å². The summed E-state index contributed by atoms with van der Waals surface area (Å²) in [6.07, 6.45) is 3.23. The van der Waals surface area contributed by atoms with Crippen molar-refractivity contribution in [1.29, 1.82) is 0 Å². The van der Waals surface area contributed by atoms with Gasteiger partial charge in [0.25, 0.3) is 10.0 Å². The van der Waals surface area contributed by atoms with E-state index in [0.29, 0.717) is 19.0 Å². The fourth-order valence-corrected chi connectivity index (χ4v) is 4.05. The summed E-state index contributed by atoms with van der Waals surface area (Å²) in [6, 6.07) is 8.57. The lowest BCUT2D eigenvalue weighted by molar-refractivity contribution is -0.116. The standard InChI is InChI=1S/C19H24N4O3S/c1-4-13(2)21-16-5-8-19(20-12-16)22-27(25,26)17-6-7-18-15(11-17)9-10-23(18)14(3)24/h5-8,11-13,21H,4,9-10H2,1-3H3,(H,20,22). The molecule has 1 atom stereocenters. The number of hydrogen-bond acceptors (Lipinski definition) is 5. The van der Waals surface area contributed by atoms with Crippen molar-refractivity contribution in [1.82, 2.24) is 4.98 Å². The van der Waals surface area contributed by atoms with Crippen LogP contribution in [0.1, 0.15) is 32.8 Å². The number of carbonyl (C=O) groups excluding carboxylic acids is 1. The number of nitrogens with zero attached hydrogens (tertiary/aromatic N) is 2. The van der Waals surface area contributed by atoms with Crippen molar-refractivity contribution in [3.05, 3.63) is 42.1 Å². The number of benzene rings is 1. The molecule has 0 aliphatic carbocycles. The molecular formula is C19H24N4O3S. The lowest BCUT2D eigenvalue weighted by Crippen LogP contribution is -2.25. The average molecular weight is 388 g/mol. The molecule has 0 fully saturated rings. The summed E-state index contributed by atoms with van der Waals surface area (Å²) in [7, 11) is -3.75. The van der Waals surface area contributed by atoms with Crippen molar-refractivity contribution < 1.29 is 13.2 Å². The molecule has 1 aliphatic heterocycles. The topological polar surface area (TPSA) is 91.4 Å². The number of pyridine rings is 1. The zero-order chi connectivity index (χ0) is 19.6. The molecule has 8 heteroatoms. The number of sulfonamides is 1. The van der Waals surface area contributed by atoms with Crippen LogP contribution >= 0.6 is 0 Å². The number of rotatable bonds is 6. The second-order valence-corrected chi connectivity index (χ2v) is 8.38. The van der Waals surface area contributed by atoms with Gasteiger partial charge in [-0.1, -0.05) is 6.92 Å². The first-order valence-corrected chi connectivity index (χ1v) is 10.4. The molecule has 0 radical (unpaired) electrons. The number of fused-ring (bicyclic) bond motifs is 1. The van der Waals surface area contributed by atoms with E-state index < -0.39 is 10.0 Å². The molecule has 144 valence electrons. The quantitative estimate of drug-likeness (QED) is 0.794. The summed E-state index contributed by atoms with van der Waals surface area (Å²) in [5.74, 6) is 0.216. The fourth-order valence-electron chi connectivity index (χ4n) is 3.00. The van der Waals surface area contributed by atoms with Crippen LogP contribution in [-0.4, -0.2) is 31.9 Å². The van der Waals surface area contributed by atoms with E-state index in [1.54, 1.807) is 35.4 Å². The van der Waals surface area contributed by atoms with E-state index in [4.69, 9.17) is 0 Å². The third-order valence-electron chi connectivity index (χ3n) is 4.66. The summed E-state index contributed by atoms with van der Waals surface area (Å²) in [5, 5.41) is 3.28. The molecular weight excluding hydrogens is 364 g/mol. The summed E-state index contributed by atoms with van der Waals surface area (Å²) < 4.78 is 27.9. The van der Waals surface area contributed by atoms with Crippen molar-refractivity contribution in [3.8, 4) is 0 Å². The molecule has 2 N–H and O–H groups in total. The molecule has 1 amide bonds. The number of hydrogen-bond donors (Lipinski definition) is 2. The van der Waals surface area contributed by atoms with E-state index in [1.807, 2.05) is 0 Å². The molecule has 27 heavy (non-hydrogen) atoms. The number of carbonyl (C=O) groups is 1. The zero-order valence-corrected chi connectivity index (χ0v) is 16.5. The van der Waals surface area contributed by atoms with Crippen LogP contribution < -0.4 is 14.9 Å². The molecule has 0 spiro atoms. The second kappa shape index (κ2) is 7.56. The van der Waals surface area contributed by atoms with E-state index in [-0.39, 0.29) is 16.6 Å². The zero-order valence-electron chi connectivity index (χ0n) is 15.7. The highest BCUT2D eigenvalue weighted by atomic mass is 32.2. The molecule has 0 saturated heterocycles. The summed E-state index contributed by atoms with van der Waals surface area (Å²) >= 11 is 0. The molecule has 0 saturated carbocycles. The summed E-state index contributed by atoms with van der Waals surface area (Å²) in [5.41, 5.74) is 2.48. The second-order valence-electron chi connectivity index (χ2n) is 6.70. The Morgan fingerprint density at radius 1 is 1.30 bits per heavy atom. The van der Waals surface area contributed by atoms with Gasteiger partial charge >= 0.3 is 0 Å². The molecule has 3 rings (SSSR count). The van der Waals surface area contributed by atoms with Crippen LogP contribution in [0, 0.1) is 0 Å². The Labute approximate surface area is 159 Å². The van der Waals surface area contributed by atoms with Crippen LogP contribution in [-0.2, 0) is 21.2 Å². The maximum atomic E-state index is 12.7. The summed E-state index contributed by atoms with van der Waals surface area (Å²) in [4.78, 5) is 17.6. The highest BCUT2D eigenvalue weighted by molar-refractivity contribution is 7.92. The van der Waals surface area contributed by atoms with Crippen molar-refractivity contribution >= 4 is 33.1 Å². The Balaban J connectivity index is 1.76. The molecule has 0 bridgehead atoms. The molecule has 1 aromatic carbocycles. The van der Waals surface area contributed by atoms with Gasteiger partial charge in [0.15, 0.2) is 0 Å². The van der Waals surface area contributed by atoms with Crippen LogP contribution in [0.15, 0.2) is 41.4 Å². The Hall–Kier alpha value is -2.61. The lowest BCUT2D eigenvalue weighted by atomic mass is 10.2. The normalized spacial score (nSPS) is 14.6. The average Bonchev–Trinajstić information content (AvgIpc) is 3.06. The minimum atomic E-state index is -3.75. The van der Waals surface area contributed by atoms with Crippen LogP contribution in [0.25, 0.3) is 0 Å². The van der Waals surface area contributed by atoms with Crippen LogP contribution in [0.3, 0.4) is 0 Å². The number of nitrogens with one attached hydrogen (secondary N) is 2. The van der Waals surface area contributed by atoms with Gasteiger partial charge in [0.1, 0.15) is 5.82 Å². The SMILES string of the molecule is CCC(C)Nc1ccc(NS(=O)(=O)c2ccc3c(c2)CCN3C(C)=O)nc1. The predicted octanol–water partition coefficient (Wildman–Crippen LogP) is 3.00. The van der Waals surface area contributed by atoms with Crippen molar-refractivity contribution in [2.45, 2.75) is 44.6 Å². The number of aromatic nitrogens is 1. The molecule has 2 heterocycles. The van der Waals surface area contributed by atoms with Crippen LogP contribution in [0.2, 0.25) is 0 Å². The number of anilines is 3. The third-order valence-corrected chi connectivity index (χ3v) is 6.02. The molecule has 1 aromatic heterocycles. The largest absolute Gasteiger partial charge is 0.381 e. The van der Waals surface area contributed by atoms with Crippen molar-refractivity contribution in [2.75, 3.05) is 21.5 Å². The Morgan fingerprint density at radius 2 is 2.07 bits per heavy atom. The lowest BCUT2D eigenvalue weighted by Gasteiger charge is -2.15. The van der Waals surface area contributed by atoms with E-state index in [1.165, 1.54) is 13.0 Å². The fraction of sp³-hybridized carbons (Fsp3) is 0.368. The van der Waals surface area contributed by atoms with Gasteiger partial charge in [-0.05, 0) is 55.7 Å². The van der Waals surface area contributed by atoms with Gasteiger partial charge in [-0.15, -0.1) is 0 Å². The first-order valence-electron chi connectivity index (χ1n) is 8.96. The van der Waals surface area contributed by atoms with Crippen LogP contribution in [0.4, 0.5) is 17.2 Å². The van der Waals surface area contributed by atoms with Gasteiger partial charge < -0.3 is 10.2 Å². The Morgan fingerprint density at radius 3 is 2.70 bits per heavy atom. The monoisotopic (exact) mass is 388 g/mol. The highest BCUT2D eigenvalue weighted by Crippen LogP contribution is 2.30. The van der Waals surface area contributed by atoms with Gasteiger partial charge in [-0.3, -0.25) is 9.52 Å². The smallest absolute Gasteiger partial charge is 0.263 e. The maximum absolute atomic E-state index is 12.7. The van der Waals surface area contributed by atoms with E-state index >= 15 is 0 Å². The Bertz CT molecular complexity index is 942. The van der Waals surface area contributed by atoms with Crippen molar-refractivity contribution in [2.24, 2.45) is 0 Å². The number of amides is 1. The van der Waals surface area contributed by atoms with Crippen molar-refractivity contribution in [3.63, 3.8) is 0 Å². The molecule has 1 unspecified atom stereocenters. The first-order chi connectivity index (χ1) is 12.8. The van der Waals surface area contributed by atoms with Gasteiger partial charge in [-0.25, -0.2) is 13.4 Å². The van der Waals surface area contributed by atoms with Gasteiger partial charge in [0.2, 0.25) is 5.91 Å². The minimum Gasteiger partial charge on any atom is -0.381 e.